The van der Waals surface area contributed by atoms with Gasteiger partial charge in [-0.25, -0.2) is 4.79 Å². The van der Waals surface area contributed by atoms with Crippen molar-refractivity contribution in [2.24, 2.45) is 0 Å². The van der Waals surface area contributed by atoms with Gasteiger partial charge in [0.1, 0.15) is 0 Å². The zero-order valence-corrected chi connectivity index (χ0v) is 6.29. The molecule has 0 aromatic heterocycles. The van der Waals surface area contributed by atoms with Crippen LogP contribution in [-0.2, 0) is 24.7 Å². The van der Waals surface area contributed by atoms with Gasteiger partial charge in [-0.15, -0.1) is 0 Å². The van der Waals surface area contributed by atoms with Crippen LogP contribution >= 0.6 is 0 Å². The van der Waals surface area contributed by atoms with E-state index >= 15 is 0 Å². The van der Waals surface area contributed by atoms with Crippen molar-refractivity contribution >= 4 is 25.8 Å². The molecule has 0 rings (SSSR count). The SMILES string of the molecule is O=C(OS(=O)(=O)O)S(=O)(=O)O. The summed E-state index contributed by atoms with van der Waals surface area (Å²) in [5.41, 5.74) is 0. The van der Waals surface area contributed by atoms with Crippen LogP contribution in [0.5, 0.6) is 0 Å². The summed E-state index contributed by atoms with van der Waals surface area (Å²) in [5.74, 6) is 0. The highest BCUT2D eigenvalue weighted by atomic mass is 32.3. The third-order valence-electron chi connectivity index (χ3n) is 0.384. The van der Waals surface area contributed by atoms with Gasteiger partial charge in [-0.2, -0.15) is 16.8 Å². The quantitative estimate of drug-likeness (QED) is 0.511. The summed E-state index contributed by atoms with van der Waals surface area (Å²) >= 11 is 0. The second-order valence-corrected chi connectivity index (χ2v) is 3.54. The summed E-state index contributed by atoms with van der Waals surface area (Å²) in [7, 11) is -10.4. The van der Waals surface area contributed by atoms with Crippen LogP contribution in [0.1, 0.15) is 0 Å². The van der Waals surface area contributed by atoms with E-state index in [0.717, 1.165) is 0 Å². The number of carbonyl (C=O) groups is 1. The molecule has 0 heterocycles. The minimum atomic E-state index is -5.24. The van der Waals surface area contributed by atoms with Gasteiger partial charge in [0.25, 0.3) is 0 Å². The smallest absolute Gasteiger partial charge is 0.310 e. The molecule has 0 aromatic rings. The van der Waals surface area contributed by atoms with E-state index in [9.17, 15) is 21.6 Å². The molecule has 0 bridgehead atoms. The summed E-state index contributed by atoms with van der Waals surface area (Å²) in [6, 6.07) is 0. The van der Waals surface area contributed by atoms with E-state index < -0.39 is 25.8 Å². The fourth-order valence-corrected chi connectivity index (χ4v) is 0.903. The first-order valence-corrected chi connectivity index (χ1v) is 4.62. The van der Waals surface area contributed by atoms with E-state index in [4.69, 9.17) is 9.11 Å². The molecule has 0 aromatic carbocycles. The molecule has 0 fully saturated rings. The van der Waals surface area contributed by atoms with E-state index in [2.05, 4.69) is 4.18 Å². The zero-order valence-electron chi connectivity index (χ0n) is 4.66. The number of rotatable bonds is 1. The molecule has 8 nitrogen and oxygen atoms in total. The van der Waals surface area contributed by atoms with Crippen LogP contribution in [0.2, 0.25) is 0 Å². The molecule has 0 radical (unpaired) electrons. The molecule has 11 heavy (non-hydrogen) atoms. The van der Waals surface area contributed by atoms with Crippen molar-refractivity contribution in [1.82, 2.24) is 0 Å². The van der Waals surface area contributed by atoms with E-state index in [1.54, 1.807) is 0 Å². The van der Waals surface area contributed by atoms with Crippen molar-refractivity contribution < 1.29 is 34.9 Å². The lowest BCUT2D eigenvalue weighted by atomic mass is 11.6. The van der Waals surface area contributed by atoms with Crippen LogP contribution in [-0.4, -0.2) is 31.2 Å². The molecule has 2 N–H and O–H groups in total. The van der Waals surface area contributed by atoms with Gasteiger partial charge in [0, 0.05) is 0 Å². The second kappa shape index (κ2) is 2.73. The van der Waals surface area contributed by atoms with Crippen molar-refractivity contribution in [1.29, 1.82) is 0 Å². The predicted molar refractivity (Wildman–Crippen MR) is 29.6 cm³/mol. The van der Waals surface area contributed by atoms with Gasteiger partial charge in [0.15, 0.2) is 0 Å². The van der Waals surface area contributed by atoms with Crippen LogP contribution < -0.4 is 0 Å². The second-order valence-electron chi connectivity index (χ2n) is 1.24. The van der Waals surface area contributed by atoms with Crippen LogP contribution in [0.4, 0.5) is 4.79 Å². The first-order valence-electron chi connectivity index (χ1n) is 1.81. The molecule has 0 aliphatic rings. The van der Waals surface area contributed by atoms with Gasteiger partial charge in [-0.3, -0.25) is 9.11 Å². The Kier molecular flexibility index (Phi) is 2.55. The van der Waals surface area contributed by atoms with Gasteiger partial charge >= 0.3 is 25.8 Å². The molecule has 0 spiro atoms. The average Bonchev–Trinajstić information content (AvgIpc) is 1.56. The Bertz CT molecular complexity index is 342. The minimum absolute atomic E-state index is 2.46. The highest BCUT2D eigenvalue weighted by molar-refractivity contribution is 8.01. The van der Waals surface area contributed by atoms with Crippen LogP contribution in [0.3, 0.4) is 0 Å². The normalized spacial score (nSPS) is 12.5. The topological polar surface area (TPSA) is 135 Å². The largest absolute Gasteiger partial charge is 0.468 e. The third kappa shape index (κ3) is 4.66. The fraction of sp³-hybridized carbons (Fsp3) is 0. The highest BCUT2D eigenvalue weighted by Crippen LogP contribution is 1.95. The molecule has 0 aliphatic carbocycles. The highest BCUT2D eigenvalue weighted by Gasteiger charge is 2.25. The van der Waals surface area contributed by atoms with Crippen molar-refractivity contribution in [3.8, 4) is 0 Å². The number of hydrogen-bond donors (Lipinski definition) is 2. The van der Waals surface area contributed by atoms with Gasteiger partial charge < -0.3 is 4.18 Å². The van der Waals surface area contributed by atoms with Crippen molar-refractivity contribution in [2.45, 2.75) is 0 Å². The van der Waals surface area contributed by atoms with E-state index in [-0.39, 0.29) is 0 Å². The molecule has 0 saturated carbocycles. The molecule has 0 saturated heterocycles. The molecule has 0 atom stereocenters. The van der Waals surface area contributed by atoms with Crippen LogP contribution in [0.25, 0.3) is 0 Å². The Morgan fingerprint density at radius 3 is 1.55 bits per heavy atom. The van der Waals surface area contributed by atoms with E-state index in [1.807, 2.05) is 0 Å². The maximum Gasteiger partial charge on any atom is 0.468 e. The summed E-state index contributed by atoms with van der Waals surface area (Å²) < 4.78 is 57.0. The van der Waals surface area contributed by atoms with Crippen LogP contribution in [0, 0.1) is 0 Å². The standard InChI is InChI=1S/CH2O8S2/c2-1(10(3,4)5)9-11(6,7)8/h(H,3,4,5)(H,6,7,8). The molecule has 0 aliphatic heterocycles. The lowest BCUT2D eigenvalue weighted by Crippen LogP contribution is -2.18. The summed E-state index contributed by atoms with van der Waals surface area (Å²) in [5, 5.41) is -2.46. The van der Waals surface area contributed by atoms with Crippen molar-refractivity contribution in [2.75, 3.05) is 0 Å². The Labute approximate surface area is 61.5 Å². The summed E-state index contributed by atoms with van der Waals surface area (Å²) in [4.78, 5) is 9.88. The van der Waals surface area contributed by atoms with Crippen molar-refractivity contribution in [3.63, 3.8) is 0 Å². The lowest BCUT2D eigenvalue weighted by Gasteiger charge is -1.94. The Hall–Kier alpha value is -0.710. The van der Waals surface area contributed by atoms with Gasteiger partial charge in [-0.05, 0) is 0 Å². The zero-order chi connectivity index (χ0) is 9.28. The Morgan fingerprint density at radius 1 is 1.09 bits per heavy atom. The first kappa shape index (κ1) is 10.3. The van der Waals surface area contributed by atoms with Gasteiger partial charge in [0.05, 0.1) is 0 Å². The molecular weight excluding hydrogens is 204 g/mol. The minimum Gasteiger partial charge on any atom is -0.310 e. The van der Waals surface area contributed by atoms with Crippen LogP contribution in [0.15, 0.2) is 0 Å². The lowest BCUT2D eigenvalue weighted by molar-refractivity contribution is 0.215. The number of carbonyl (C=O) groups excluding carboxylic acids is 1. The molecule has 0 unspecified atom stereocenters. The molecule has 0 amide bonds. The maximum atomic E-state index is 9.88. The Morgan fingerprint density at radius 2 is 1.45 bits per heavy atom. The molecule has 66 valence electrons. The van der Waals surface area contributed by atoms with E-state index in [1.165, 1.54) is 0 Å². The monoisotopic (exact) mass is 206 g/mol. The van der Waals surface area contributed by atoms with Gasteiger partial charge in [-0.1, -0.05) is 0 Å². The van der Waals surface area contributed by atoms with Crippen molar-refractivity contribution in [3.05, 3.63) is 0 Å². The average molecular weight is 206 g/mol. The van der Waals surface area contributed by atoms with Gasteiger partial charge in [0.2, 0.25) is 0 Å². The summed E-state index contributed by atoms with van der Waals surface area (Å²) in [6.45, 7) is 0. The number of hydrogen-bond acceptors (Lipinski definition) is 6. The summed E-state index contributed by atoms with van der Waals surface area (Å²) in [6.07, 6.45) is 0. The molecular formula is CH2O8S2. The first-order chi connectivity index (χ1) is 4.63. The predicted octanol–water partition coefficient (Wildman–Crippen LogP) is -1.19. The molecule has 10 heteroatoms. The maximum absolute atomic E-state index is 9.88. The Balaban J connectivity index is 4.62. The van der Waals surface area contributed by atoms with E-state index in [0.29, 0.717) is 0 Å². The third-order valence-corrected chi connectivity index (χ3v) is 1.36. The fourth-order valence-electron chi connectivity index (χ4n) is 0.129.